The smallest absolute Gasteiger partial charge is 0.411 e. The highest BCUT2D eigenvalue weighted by molar-refractivity contribution is 5.74. The van der Waals surface area contributed by atoms with Crippen LogP contribution >= 0.6 is 0 Å². The first-order valence-corrected chi connectivity index (χ1v) is 9.42. The summed E-state index contributed by atoms with van der Waals surface area (Å²) < 4.78 is 6.04. The van der Waals surface area contributed by atoms with Crippen molar-refractivity contribution in [1.29, 1.82) is 0 Å². The van der Waals surface area contributed by atoms with E-state index in [4.69, 9.17) is 4.74 Å². The zero-order valence-electron chi connectivity index (χ0n) is 16.1. The molecule has 1 aliphatic carbocycles. The highest BCUT2D eigenvalue weighted by Gasteiger charge is 2.65. The molecular weight excluding hydrogens is 322 g/mol. The van der Waals surface area contributed by atoms with Gasteiger partial charge in [0.05, 0.1) is 0 Å². The SMILES string of the molecule is CC1(C)C[C@@]2(C)OC(=O)N(CCc3ccccc3)[C@@]2(C)c2ccccc21. The molecule has 0 saturated carbocycles. The van der Waals surface area contributed by atoms with Crippen LogP contribution in [0.4, 0.5) is 4.79 Å². The molecule has 2 aromatic carbocycles. The highest BCUT2D eigenvalue weighted by Crippen LogP contribution is 2.57. The Morgan fingerprint density at radius 2 is 1.54 bits per heavy atom. The van der Waals surface area contributed by atoms with Gasteiger partial charge in [-0.2, -0.15) is 0 Å². The molecule has 26 heavy (non-hydrogen) atoms. The maximum atomic E-state index is 12.9. The Morgan fingerprint density at radius 3 is 2.23 bits per heavy atom. The lowest BCUT2D eigenvalue weighted by atomic mass is 9.59. The number of carbonyl (C=O) groups excluding carboxylic acids is 1. The Labute approximate surface area is 156 Å². The van der Waals surface area contributed by atoms with Crippen molar-refractivity contribution in [2.24, 2.45) is 0 Å². The Kier molecular flexibility index (Phi) is 3.69. The maximum Gasteiger partial charge on any atom is 0.411 e. The van der Waals surface area contributed by atoms with E-state index >= 15 is 0 Å². The van der Waals surface area contributed by atoms with Gasteiger partial charge in [-0.1, -0.05) is 68.4 Å². The largest absolute Gasteiger partial charge is 0.440 e. The Balaban J connectivity index is 1.77. The van der Waals surface area contributed by atoms with Gasteiger partial charge in [-0.25, -0.2) is 4.79 Å². The van der Waals surface area contributed by atoms with E-state index in [9.17, 15) is 4.79 Å². The number of amides is 1. The summed E-state index contributed by atoms with van der Waals surface area (Å²) in [5.41, 5.74) is 2.77. The van der Waals surface area contributed by atoms with Crippen LogP contribution in [0.25, 0.3) is 0 Å². The van der Waals surface area contributed by atoms with Gasteiger partial charge in [-0.05, 0) is 48.8 Å². The predicted molar refractivity (Wildman–Crippen MR) is 103 cm³/mol. The summed E-state index contributed by atoms with van der Waals surface area (Å²) in [6.07, 6.45) is 1.45. The van der Waals surface area contributed by atoms with Crippen LogP contribution in [0, 0.1) is 0 Å². The van der Waals surface area contributed by atoms with Crippen molar-refractivity contribution in [3.05, 3.63) is 71.3 Å². The van der Waals surface area contributed by atoms with Gasteiger partial charge in [0, 0.05) is 6.54 Å². The monoisotopic (exact) mass is 349 g/mol. The molecule has 1 aliphatic heterocycles. The molecule has 4 rings (SSSR count). The first kappa shape index (κ1) is 17.1. The normalized spacial score (nSPS) is 29.1. The number of nitrogens with zero attached hydrogens (tertiary/aromatic N) is 1. The van der Waals surface area contributed by atoms with Gasteiger partial charge >= 0.3 is 6.09 Å². The third-order valence-corrected chi connectivity index (χ3v) is 6.53. The van der Waals surface area contributed by atoms with Crippen LogP contribution in [-0.2, 0) is 22.1 Å². The number of benzene rings is 2. The van der Waals surface area contributed by atoms with Gasteiger partial charge in [-0.3, -0.25) is 4.90 Å². The number of fused-ring (bicyclic) bond motifs is 3. The second-order valence-electron chi connectivity index (χ2n) is 8.66. The zero-order valence-corrected chi connectivity index (χ0v) is 16.1. The van der Waals surface area contributed by atoms with Crippen molar-refractivity contribution in [2.75, 3.05) is 6.54 Å². The van der Waals surface area contributed by atoms with Gasteiger partial charge in [0.15, 0.2) is 0 Å². The summed E-state index contributed by atoms with van der Waals surface area (Å²) in [7, 11) is 0. The van der Waals surface area contributed by atoms with Gasteiger partial charge < -0.3 is 4.74 Å². The Hall–Kier alpha value is -2.29. The first-order valence-electron chi connectivity index (χ1n) is 9.42. The van der Waals surface area contributed by atoms with Gasteiger partial charge in [-0.15, -0.1) is 0 Å². The van der Waals surface area contributed by atoms with E-state index in [1.54, 1.807) is 0 Å². The van der Waals surface area contributed by atoms with Crippen LogP contribution in [0.1, 0.15) is 50.8 Å². The molecule has 1 amide bonds. The fraction of sp³-hybridized carbons (Fsp3) is 0.435. The van der Waals surface area contributed by atoms with Crippen LogP contribution in [-0.4, -0.2) is 23.1 Å². The van der Waals surface area contributed by atoms with Crippen molar-refractivity contribution in [2.45, 2.75) is 57.1 Å². The van der Waals surface area contributed by atoms with E-state index < -0.39 is 11.1 Å². The number of ether oxygens (including phenoxy) is 1. The van der Waals surface area contributed by atoms with Gasteiger partial charge in [0.25, 0.3) is 0 Å². The van der Waals surface area contributed by atoms with E-state index in [2.05, 4.69) is 64.1 Å². The molecule has 1 fully saturated rings. The summed E-state index contributed by atoms with van der Waals surface area (Å²) in [4.78, 5) is 14.8. The summed E-state index contributed by atoms with van der Waals surface area (Å²) >= 11 is 0. The molecule has 0 bridgehead atoms. The van der Waals surface area contributed by atoms with Gasteiger partial charge in [0.1, 0.15) is 11.1 Å². The standard InChI is InChI=1S/C23H27NO2/c1-21(2)16-22(3)23(4,19-13-9-8-12-18(19)21)24(20(25)26-22)15-14-17-10-6-5-7-11-17/h5-13H,14-16H2,1-4H3/t22-,23+/m1/s1. The number of hydrogen-bond acceptors (Lipinski definition) is 2. The van der Waals surface area contributed by atoms with Crippen LogP contribution in [0.2, 0.25) is 0 Å². The number of rotatable bonds is 3. The summed E-state index contributed by atoms with van der Waals surface area (Å²) in [5, 5.41) is 0. The Bertz CT molecular complexity index is 844. The zero-order chi connectivity index (χ0) is 18.6. The molecule has 0 unspecified atom stereocenters. The molecule has 2 atom stereocenters. The van der Waals surface area contributed by atoms with Crippen molar-refractivity contribution in [3.63, 3.8) is 0 Å². The summed E-state index contributed by atoms with van der Waals surface area (Å²) in [6, 6.07) is 18.9. The molecule has 3 nitrogen and oxygen atoms in total. The molecule has 0 N–H and O–H groups in total. The quantitative estimate of drug-likeness (QED) is 0.777. The van der Waals surface area contributed by atoms with E-state index in [0.717, 1.165) is 12.8 Å². The molecule has 1 saturated heterocycles. The Morgan fingerprint density at radius 1 is 0.923 bits per heavy atom. The molecule has 0 radical (unpaired) electrons. The summed E-state index contributed by atoms with van der Waals surface area (Å²) in [6.45, 7) is 9.43. The molecule has 0 spiro atoms. The molecular formula is C23H27NO2. The molecule has 1 heterocycles. The minimum absolute atomic E-state index is 0.0272. The third-order valence-electron chi connectivity index (χ3n) is 6.53. The fourth-order valence-corrected chi connectivity index (χ4v) is 5.09. The summed E-state index contributed by atoms with van der Waals surface area (Å²) in [5.74, 6) is 0. The lowest BCUT2D eigenvalue weighted by Crippen LogP contribution is -2.58. The topological polar surface area (TPSA) is 29.5 Å². The third kappa shape index (κ3) is 2.29. The van der Waals surface area contributed by atoms with Crippen molar-refractivity contribution >= 4 is 6.09 Å². The maximum absolute atomic E-state index is 12.9. The lowest BCUT2D eigenvalue weighted by molar-refractivity contribution is -0.0291. The first-order chi connectivity index (χ1) is 12.3. The van der Waals surface area contributed by atoms with Crippen LogP contribution in [0.15, 0.2) is 54.6 Å². The van der Waals surface area contributed by atoms with E-state index in [1.165, 1.54) is 16.7 Å². The molecule has 2 aliphatic rings. The molecule has 3 heteroatoms. The van der Waals surface area contributed by atoms with E-state index in [1.807, 2.05) is 23.1 Å². The minimum Gasteiger partial charge on any atom is -0.440 e. The highest BCUT2D eigenvalue weighted by atomic mass is 16.6. The van der Waals surface area contributed by atoms with Crippen LogP contribution in [0.3, 0.4) is 0 Å². The van der Waals surface area contributed by atoms with Gasteiger partial charge in [0.2, 0.25) is 0 Å². The minimum atomic E-state index is -0.529. The predicted octanol–water partition coefficient (Wildman–Crippen LogP) is 5.04. The van der Waals surface area contributed by atoms with Crippen LogP contribution in [0.5, 0.6) is 0 Å². The second kappa shape index (κ2) is 5.60. The molecule has 2 aromatic rings. The molecule has 0 aromatic heterocycles. The fourth-order valence-electron chi connectivity index (χ4n) is 5.09. The molecule has 136 valence electrons. The van der Waals surface area contributed by atoms with Crippen molar-refractivity contribution in [1.82, 2.24) is 4.90 Å². The van der Waals surface area contributed by atoms with Crippen molar-refractivity contribution < 1.29 is 9.53 Å². The number of hydrogen-bond donors (Lipinski definition) is 0. The second-order valence-corrected chi connectivity index (χ2v) is 8.66. The van der Waals surface area contributed by atoms with E-state index in [0.29, 0.717) is 6.54 Å². The average molecular weight is 349 g/mol. The lowest BCUT2D eigenvalue weighted by Gasteiger charge is -2.52. The number of carbonyl (C=O) groups is 1. The van der Waals surface area contributed by atoms with Crippen LogP contribution < -0.4 is 0 Å². The van der Waals surface area contributed by atoms with E-state index in [-0.39, 0.29) is 11.5 Å². The van der Waals surface area contributed by atoms with Crippen molar-refractivity contribution in [3.8, 4) is 0 Å². The average Bonchev–Trinajstić information content (AvgIpc) is 2.80.